The number of fused-ring (bicyclic) bond motifs is 3. The van der Waals surface area contributed by atoms with E-state index in [0.717, 1.165) is 22.3 Å². The van der Waals surface area contributed by atoms with Crippen LogP contribution in [0.15, 0.2) is 66.1 Å². The minimum Gasteiger partial charge on any atom is -0.481 e. The van der Waals surface area contributed by atoms with Crippen LogP contribution >= 0.6 is 11.3 Å². The molecule has 0 aliphatic heterocycles. The Kier molecular flexibility index (Phi) is 6.33. The molecule has 0 bridgehead atoms. The highest BCUT2D eigenvalue weighted by Gasteiger charge is 2.29. The maximum absolute atomic E-state index is 12.4. The van der Waals surface area contributed by atoms with Gasteiger partial charge >= 0.3 is 12.1 Å². The molecule has 2 aliphatic carbocycles. The largest absolute Gasteiger partial charge is 0.481 e. The quantitative estimate of drug-likeness (QED) is 0.429. The highest BCUT2D eigenvalue weighted by atomic mass is 32.1. The van der Waals surface area contributed by atoms with E-state index >= 15 is 0 Å². The molecule has 2 aromatic carbocycles. The van der Waals surface area contributed by atoms with E-state index in [0.29, 0.717) is 17.2 Å². The number of aromatic nitrogens is 1. The number of hydrogen-bond acceptors (Lipinski definition) is 6. The SMILES string of the molecule is O=C(Cc1csc(NC(=O)OCC2c3ccccc3-c3ccccc32)n1)NC1C=CC(C(=O)O)C1. The minimum absolute atomic E-state index is 0.0327. The van der Waals surface area contributed by atoms with Crippen molar-refractivity contribution in [3.63, 3.8) is 0 Å². The second-order valence-electron chi connectivity index (χ2n) is 8.51. The third-order valence-electron chi connectivity index (χ3n) is 6.19. The van der Waals surface area contributed by atoms with Crippen LogP contribution in [0.2, 0.25) is 0 Å². The third kappa shape index (κ3) is 4.95. The predicted octanol–water partition coefficient (Wildman–Crippen LogP) is 4.19. The molecule has 5 rings (SSSR count). The predicted molar refractivity (Wildman–Crippen MR) is 131 cm³/mol. The van der Waals surface area contributed by atoms with Gasteiger partial charge in [0.05, 0.1) is 18.0 Å². The van der Waals surface area contributed by atoms with Gasteiger partial charge < -0.3 is 15.2 Å². The molecule has 1 aromatic heterocycles. The van der Waals surface area contributed by atoms with Crippen LogP contribution in [0, 0.1) is 5.92 Å². The van der Waals surface area contributed by atoms with Crippen molar-refractivity contribution in [3.8, 4) is 11.1 Å². The van der Waals surface area contributed by atoms with E-state index in [1.54, 1.807) is 17.5 Å². The Morgan fingerprint density at radius 1 is 1.03 bits per heavy atom. The number of rotatable bonds is 7. The fourth-order valence-electron chi connectivity index (χ4n) is 4.58. The Balaban J connectivity index is 1.13. The van der Waals surface area contributed by atoms with Gasteiger partial charge in [-0.3, -0.25) is 14.9 Å². The third-order valence-corrected chi connectivity index (χ3v) is 7.00. The van der Waals surface area contributed by atoms with Crippen LogP contribution in [0.4, 0.5) is 9.93 Å². The van der Waals surface area contributed by atoms with Crippen LogP contribution in [0.25, 0.3) is 11.1 Å². The summed E-state index contributed by atoms with van der Waals surface area (Å²) >= 11 is 1.21. The molecule has 0 radical (unpaired) electrons. The Morgan fingerprint density at radius 3 is 2.37 bits per heavy atom. The number of nitrogens with one attached hydrogen (secondary N) is 2. The van der Waals surface area contributed by atoms with Crippen molar-refractivity contribution >= 4 is 34.4 Å². The van der Waals surface area contributed by atoms with Crippen molar-refractivity contribution < 1.29 is 24.2 Å². The molecular weight excluding hydrogens is 466 g/mol. The number of thiazole rings is 1. The molecule has 0 saturated carbocycles. The molecule has 3 N–H and O–H groups in total. The van der Waals surface area contributed by atoms with Crippen LogP contribution in [0.1, 0.15) is 29.2 Å². The van der Waals surface area contributed by atoms with E-state index < -0.39 is 18.0 Å². The number of benzene rings is 2. The maximum Gasteiger partial charge on any atom is 0.413 e. The van der Waals surface area contributed by atoms with Gasteiger partial charge in [-0.05, 0) is 28.7 Å². The normalized spacial score (nSPS) is 18.1. The van der Waals surface area contributed by atoms with Crippen molar-refractivity contribution in [2.45, 2.75) is 24.8 Å². The molecule has 2 amide bonds. The molecule has 2 aliphatic rings. The van der Waals surface area contributed by atoms with Gasteiger partial charge in [-0.2, -0.15) is 0 Å². The molecule has 8 nitrogen and oxygen atoms in total. The fourth-order valence-corrected chi connectivity index (χ4v) is 5.27. The topological polar surface area (TPSA) is 118 Å². The van der Waals surface area contributed by atoms with E-state index in [1.165, 1.54) is 11.3 Å². The number of carbonyl (C=O) groups is 3. The van der Waals surface area contributed by atoms with Crippen molar-refractivity contribution in [2.75, 3.05) is 11.9 Å². The molecule has 3 aromatic rings. The summed E-state index contributed by atoms with van der Waals surface area (Å²) in [4.78, 5) is 40.0. The molecule has 1 heterocycles. The van der Waals surface area contributed by atoms with Gasteiger partial charge in [0.25, 0.3) is 0 Å². The number of hydrogen-bond donors (Lipinski definition) is 3. The monoisotopic (exact) mass is 489 g/mol. The lowest BCUT2D eigenvalue weighted by atomic mass is 9.98. The Hall–Kier alpha value is -3.98. The number of carbonyl (C=O) groups excluding carboxylic acids is 2. The van der Waals surface area contributed by atoms with Gasteiger partial charge in [0, 0.05) is 17.3 Å². The van der Waals surface area contributed by atoms with Crippen molar-refractivity contribution in [3.05, 3.63) is 82.9 Å². The van der Waals surface area contributed by atoms with Crippen LogP contribution in [0.5, 0.6) is 0 Å². The zero-order valence-electron chi connectivity index (χ0n) is 18.6. The van der Waals surface area contributed by atoms with Gasteiger partial charge in [0.2, 0.25) is 5.91 Å². The summed E-state index contributed by atoms with van der Waals surface area (Å²) in [6.07, 6.45) is 3.06. The average molecular weight is 490 g/mol. The standard InChI is InChI=1S/C26H23N3O5S/c30-23(27-16-10-9-15(11-16)24(31)32)12-17-14-35-25(28-17)29-26(33)34-13-22-20-7-3-1-5-18(20)19-6-2-4-8-21(19)22/h1-10,14-16,22H,11-13H2,(H,27,30)(H,31,32)(H,28,29,33). The molecule has 2 unspecified atom stereocenters. The molecule has 0 fully saturated rings. The maximum atomic E-state index is 12.4. The summed E-state index contributed by atoms with van der Waals surface area (Å²) in [5.41, 5.74) is 5.10. The summed E-state index contributed by atoms with van der Waals surface area (Å²) in [6, 6.07) is 15.9. The number of carboxylic acids is 1. The summed E-state index contributed by atoms with van der Waals surface area (Å²) < 4.78 is 5.53. The first-order valence-electron chi connectivity index (χ1n) is 11.2. The highest BCUT2D eigenvalue weighted by molar-refractivity contribution is 7.13. The number of amides is 2. The Morgan fingerprint density at radius 2 is 1.71 bits per heavy atom. The van der Waals surface area contributed by atoms with E-state index in [4.69, 9.17) is 9.84 Å². The lowest BCUT2D eigenvalue weighted by Crippen LogP contribution is -2.34. The van der Waals surface area contributed by atoms with E-state index in [1.807, 2.05) is 24.3 Å². The van der Waals surface area contributed by atoms with Gasteiger partial charge in [-0.15, -0.1) is 11.3 Å². The van der Waals surface area contributed by atoms with Gasteiger partial charge in [-0.1, -0.05) is 60.7 Å². The summed E-state index contributed by atoms with van der Waals surface area (Å²) in [7, 11) is 0. The van der Waals surface area contributed by atoms with Crippen LogP contribution in [-0.2, 0) is 20.7 Å². The molecule has 0 saturated heterocycles. The van der Waals surface area contributed by atoms with E-state index in [9.17, 15) is 14.4 Å². The van der Waals surface area contributed by atoms with Crippen molar-refractivity contribution in [1.29, 1.82) is 0 Å². The van der Waals surface area contributed by atoms with Crippen LogP contribution in [0.3, 0.4) is 0 Å². The van der Waals surface area contributed by atoms with E-state index in [2.05, 4.69) is 39.9 Å². The minimum atomic E-state index is -0.901. The van der Waals surface area contributed by atoms with Crippen molar-refractivity contribution in [1.82, 2.24) is 10.3 Å². The van der Waals surface area contributed by atoms with E-state index in [-0.39, 0.29) is 30.9 Å². The first-order valence-corrected chi connectivity index (χ1v) is 12.1. The number of anilines is 1. The van der Waals surface area contributed by atoms with Crippen LogP contribution in [-0.4, -0.2) is 40.7 Å². The number of carboxylic acid groups (broad SMARTS) is 1. The Labute approximate surface area is 205 Å². The molecule has 0 spiro atoms. The summed E-state index contributed by atoms with van der Waals surface area (Å²) in [6.45, 7) is 0.201. The number of nitrogens with zero attached hydrogens (tertiary/aromatic N) is 1. The highest BCUT2D eigenvalue weighted by Crippen LogP contribution is 2.44. The zero-order chi connectivity index (χ0) is 24.4. The fraction of sp³-hybridized carbons (Fsp3) is 0.231. The lowest BCUT2D eigenvalue weighted by molar-refractivity contribution is -0.140. The van der Waals surface area contributed by atoms with Gasteiger partial charge in [0.15, 0.2) is 5.13 Å². The molecule has 2 atom stereocenters. The van der Waals surface area contributed by atoms with Gasteiger partial charge in [0.1, 0.15) is 6.61 Å². The molecule has 35 heavy (non-hydrogen) atoms. The average Bonchev–Trinajstić information content (AvgIpc) is 3.56. The second kappa shape index (κ2) is 9.71. The van der Waals surface area contributed by atoms with Crippen LogP contribution < -0.4 is 10.6 Å². The first-order chi connectivity index (χ1) is 17.0. The van der Waals surface area contributed by atoms with Gasteiger partial charge in [-0.25, -0.2) is 9.78 Å². The molecule has 9 heteroatoms. The Bertz CT molecular complexity index is 1270. The second-order valence-corrected chi connectivity index (χ2v) is 9.37. The summed E-state index contributed by atoms with van der Waals surface area (Å²) in [5.74, 6) is -1.77. The number of aliphatic carboxylic acids is 1. The molecular formula is C26H23N3O5S. The zero-order valence-corrected chi connectivity index (χ0v) is 19.5. The first kappa shape index (κ1) is 22.8. The number of ether oxygens (including phenoxy) is 1. The lowest BCUT2D eigenvalue weighted by Gasteiger charge is -2.14. The molecule has 178 valence electrons. The smallest absolute Gasteiger partial charge is 0.413 e. The summed E-state index contributed by atoms with van der Waals surface area (Å²) in [5, 5.41) is 16.5. The van der Waals surface area contributed by atoms with Crippen molar-refractivity contribution in [2.24, 2.45) is 5.92 Å².